The van der Waals surface area contributed by atoms with E-state index in [-0.39, 0.29) is 18.0 Å². The number of benzene rings is 2. The zero-order valence-electron chi connectivity index (χ0n) is 24.1. The number of ether oxygens (including phenoxy) is 1. The van der Waals surface area contributed by atoms with Gasteiger partial charge in [-0.25, -0.2) is 0 Å². The van der Waals surface area contributed by atoms with Crippen molar-refractivity contribution in [3.8, 4) is 5.75 Å². The molecule has 204 valence electrons. The third kappa shape index (κ3) is 12.3. The van der Waals surface area contributed by atoms with Crippen molar-refractivity contribution in [1.82, 2.24) is 10.6 Å². The van der Waals surface area contributed by atoms with E-state index in [4.69, 9.17) is 4.74 Å². The molecule has 5 nitrogen and oxygen atoms in total. The van der Waals surface area contributed by atoms with Crippen LogP contribution in [0.2, 0.25) is 0 Å². The summed E-state index contributed by atoms with van der Waals surface area (Å²) in [7, 11) is 0. The molecule has 0 saturated carbocycles. The number of nitrogens with zero attached hydrogens (tertiary/aromatic N) is 1. The molecule has 1 amide bonds. The SMILES string of the molecule is CC(C)=CCN(C[C@H](C)NC(=O)[C@@H](CC(C)C)NCCC(C)C)c1ccc(OCc2ccccc2)cc1. The van der Waals surface area contributed by atoms with E-state index in [2.05, 4.69) is 94.3 Å². The molecular formula is C32H49N3O2. The van der Waals surface area contributed by atoms with E-state index in [9.17, 15) is 4.79 Å². The van der Waals surface area contributed by atoms with Gasteiger partial charge in [0, 0.05) is 24.8 Å². The molecule has 0 aromatic heterocycles. The third-order valence-corrected chi connectivity index (χ3v) is 6.19. The molecule has 2 aromatic rings. The first kappa shape index (κ1) is 30.4. The van der Waals surface area contributed by atoms with Crippen molar-refractivity contribution in [2.75, 3.05) is 24.5 Å². The van der Waals surface area contributed by atoms with E-state index in [1.54, 1.807) is 0 Å². The van der Waals surface area contributed by atoms with Gasteiger partial charge >= 0.3 is 0 Å². The van der Waals surface area contributed by atoms with Crippen LogP contribution >= 0.6 is 0 Å². The summed E-state index contributed by atoms with van der Waals surface area (Å²) in [6, 6.07) is 18.3. The molecule has 2 N–H and O–H groups in total. The standard InChI is InChI=1S/C32H49N3O2/c1-24(2)17-19-33-31(21-26(5)6)32(36)34-27(7)22-35(20-18-25(3)4)29-13-15-30(16-14-29)37-23-28-11-9-8-10-12-28/h8-16,18,24,26-27,31,33H,17,19-23H2,1-7H3,(H,34,36)/t27-,31+/m0/s1. The molecular weight excluding hydrogens is 458 g/mol. The predicted molar refractivity (Wildman–Crippen MR) is 157 cm³/mol. The van der Waals surface area contributed by atoms with Crippen LogP contribution in [0.4, 0.5) is 5.69 Å². The molecule has 2 rings (SSSR count). The van der Waals surface area contributed by atoms with Crippen LogP contribution in [-0.2, 0) is 11.4 Å². The summed E-state index contributed by atoms with van der Waals surface area (Å²) in [5.41, 5.74) is 3.53. The Kier molecular flexibility index (Phi) is 13.3. The van der Waals surface area contributed by atoms with E-state index >= 15 is 0 Å². The molecule has 0 unspecified atom stereocenters. The number of hydrogen-bond donors (Lipinski definition) is 2. The Balaban J connectivity index is 2.02. The lowest BCUT2D eigenvalue weighted by atomic mass is 10.0. The molecule has 0 aliphatic carbocycles. The summed E-state index contributed by atoms with van der Waals surface area (Å²) in [6.45, 7) is 18.0. The maximum atomic E-state index is 13.2. The second kappa shape index (κ2) is 16.1. The van der Waals surface area contributed by atoms with Crippen LogP contribution in [0.15, 0.2) is 66.2 Å². The summed E-state index contributed by atoms with van der Waals surface area (Å²) in [5, 5.41) is 6.77. The molecule has 37 heavy (non-hydrogen) atoms. The fraction of sp³-hybridized carbons (Fsp3) is 0.531. The van der Waals surface area contributed by atoms with Gasteiger partial charge in [0.1, 0.15) is 12.4 Å². The van der Waals surface area contributed by atoms with Gasteiger partial charge in [0.25, 0.3) is 0 Å². The smallest absolute Gasteiger partial charge is 0.237 e. The quantitative estimate of drug-likeness (QED) is 0.252. The van der Waals surface area contributed by atoms with E-state index < -0.39 is 0 Å². The van der Waals surface area contributed by atoms with Crippen molar-refractivity contribution in [2.45, 2.75) is 80.0 Å². The zero-order chi connectivity index (χ0) is 27.2. The Labute approximate surface area is 225 Å². The summed E-state index contributed by atoms with van der Waals surface area (Å²) < 4.78 is 5.97. The lowest BCUT2D eigenvalue weighted by molar-refractivity contribution is -0.124. The normalized spacial score (nSPS) is 12.8. The second-order valence-corrected chi connectivity index (χ2v) is 11.2. The Bertz CT molecular complexity index is 934. The van der Waals surface area contributed by atoms with Gasteiger partial charge in [-0.3, -0.25) is 4.79 Å². The Hall–Kier alpha value is -2.79. The molecule has 0 aliphatic rings. The maximum Gasteiger partial charge on any atom is 0.237 e. The highest BCUT2D eigenvalue weighted by molar-refractivity contribution is 5.82. The fourth-order valence-electron chi connectivity index (χ4n) is 4.09. The van der Waals surface area contributed by atoms with Crippen LogP contribution in [-0.4, -0.2) is 37.6 Å². The van der Waals surface area contributed by atoms with E-state index in [0.717, 1.165) is 49.5 Å². The molecule has 0 heterocycles. The molecule has 0 fully saturated rings. The fourth-order valence-corrected chi connectivity index (χ4v) is 4.09. The number of hydrogen-bond acceptors (Lipinski definition) is 4. The van der Waals surface area contributed by atoms with Crippen molar-refractivity contribution in [2.24, 2.45) is 11.8 Å². The van der Waals surface area contributed by atoms with Gasteiger partial charge in [-0.2, -0.15) is 0 Å². The van der Waals surface area contributed by atoms with Crippen LogP contribution in [0.25, 0.3) is 0 Å². The number of allylic oxidation sites excluding steroid dienone is 1. The highest BCUT2D eigenvalue weighted by Crippen LogP contribution is 2.21. The minimum absolute atomic E-state index is 0.00799. The van der Waals surface area contributed by atoms with Crippen molar-refractivity contribution in [1.29, 1.82) is 0 Å². The first-order valence-corrected chi connectivity index (χ1v) is 13.8. The monoisotopic (exact) mass is 507 g/mol. The molecule has 0 bridgehead atoms. The van der Waals surface area contributed by atoms with Gasteiger partial charge in [0.2, 0.25) is 5.91 Å². The Morgan fingerprint density at radius 3 is 2.22 bits per heavy atom. The number of anilines is 1. The van der Waals surface area contributed by atoms with Gasteiger partial charge in [-0.1, -0.05) is 69.7 Å². The first-order chi connectivity index (χ1) is 17.6. The maximum absolute atomic E-state index is 13.2. The van der Waals surface area contributed by atoms with Gasteiger partial charge in [0.15, 0.2) is 0 Å². The topological polar surface area (TPSA) is 53.6 Å². The summed E-state index contributed by atoms with van der Waals surface area (Å²) in [5.74, 6) is 2.01. The predicted octanol–water partition coefficient (Wildman–Crippen LogP) is 6.59. The molecule has 0 radical (unpaired) electrons. The van der Waals surface area contributed by atoms with Crippen LogP contribution in [0.1, 0.15) is 66.9 Å². The molecule has 5 heteroatoms. The number of amides is 1. The van der Waals surface area contributed by atoms with Crippen LogP contribution < -0.4 is 20.3 Å². The van der Waals surface area contributed by atoms with Crippen LogP contribution in [0.5, 0.6) is 5.75 Å². The summed E-state index contributed by atoms with van der Waals surface area (Å²) in [4.78, 5) is 15.5. The molecule has 0 aliphatic heterocycles. The van der Waals surface area contributed by atoms with Crippen molar-refractivity contribution >= 4 is 11.6 Å². The Morgan fingerprint density at radius 1 is 0.946 bits per heavy atom. The minimum atomic E-state index is -0.159. The highest BCUT2D eigenvalue weighted by Gasteiger charge is 2.22. The van der Waals surface area contributed by atoms with Crippen LogP contribution in [0.3, 0.4) is 0 Å². The van der Waals surface area contributed by atoms with Crippen LogP contribution in [0, 0.1) is 11.8 Å². The summed E-state index contributed by atoms with van der Waals surface area (Å²) >= 11 is 0. The molecule has 0 saturated heterocycles. The number of carbonyl (C=O) groups excluding carboxylic acids is 1. The number of carbonyl (C=O) groups is 1. The van der Waals surface area contributed by atoms with Gasteiger partial charge in [0.05, 0.1) is 6.04 Å². The minimum Gasteiger partial charge on any atom is -0.489 e. The van der Waals surface area contributed by atoms with E-state index in [1.807, 2.05) is 30.3 Å². The largest absolute Gasteiger partial charge is 0.489 e. The average molecular weight is 508 g/mol. The van der Waals surface area contributed by atoms with E-state index in [0.29, 0.717) is 18.4 Å². The second-order valence-electron chi connectivity index (χ2n) is 11.2. The Morgan fingerprint density at radius 2 is 1.62 bits per heavy atom. The van der Waals surface area contributed by atoms with Crippen molar-refractivity contribution < 1.29 is 9.53 Å². The molecule has 0 spiro atoms. The third-order valence-electron chi connectivity index (χ3n) is 6.19. The number of nitrogens with one attached hydrogen (secondary N) is 2. The first-order valence-electron chi connectivity index (χ1n) is 13.8. The molecule has 2 aromatic carbocycles. The van der Waals surface area contributed by atoms with Crippen molar-refractivity contribution in [3.63, 3.8) is 0 Å². The van der Waals surface area contributed by atoms with Crippen molar-refractivity contribution in [3.05, 3.63) is 71.8 Å². The molecule has 2 atom stereocenters. The van der Waals surface area contributed by atoms with E-state index in [1.165, 1.54) is 5.57 Å². The van der Waals surface area contributed by atoms with Gasteiger partial charge in [-0.05, 0) is 81.8 Å². The number of rotatable bonds is 16. The zero-order valence-corrected chi connectivity index (χ0v) is 24.1. The summed E-state index contributed by atoms with van der Waals surface area (Å²) in [6.07, 6.45) is 4.13. The lowest BCUT2D eigenvalue weighted by Gasteiger charge is -2.29. The van der Waals surface area contributed by atoms with Gasteiger partial charge in [-0.15, -0.1) is 0 Å². The lowest BCUT2D eigenvalue weighted by Crippen LogP contribution is -2.50. The van der Waals surface area contributed by atoms with Gasteiger partial charge < -0.3 is 20.3 Å². The highest BCUT2D eigenvalue weighted by atomic mass is 16.5. The average Bonchev–Trinajstić information content (AvgIpc) is 2.85.